The molecule has 0 unspecified atom stereocenters. The molecule has 0 aliphatic rings. The number of aromatic hydroxyl groups is 1. The maximum Gasteiger partial charge on any atom is 0.115 e. The molecule has 0 aliphatic heterocycles. The number of hydrogen-bond acceptors (Lipinski definition) is 3. The second kappa shape index (κ2) is 5.46. The van der Waals surface area contributed by atoms with E-state index in [0.29, 0.717) is 5.75 Å². The molecule has 0 spiro atoms. The highest BCUT2D eigenvalue weighted by Crippen LogP contribution is 2.13. The molecule has 0 saturated heterocycles. The molecule has 0 amide bonds. The average Bonchev–Trinajstić information content (AvgIpc) is 2.39. The molecule has 2 aromatic rings. The maximum absolute atomic E-state index is 9.18. The van der Waals surface area contributed by atoms with Gasteiger partial charge in [0.05, 0.1) is 0 Å². The van der Waals surface area contributed by atoms with Gasteiger partial charge in [-0.2, -0.15) is 0 Å². The van der Waals surface area contributed by atoms with Crippen LogP contribution in [0, 0.1) is 0 Å². The third-order valence-corrected chi connectivity index (χ3v) is 2.75. The number of phenolic OH excluding ortho intramolecular Hbond substituents is 1. The zero-order valence-electron chi connectivity index (χ0n) is 9.80. The Balaban J connectivity index is 1.92. The number of nitrogens with one attached hydrogen (secondary N) is 1. The van der Waals surface area contributed by atoms with E-state index in [-0.39, 0.29) is 6.04 Å². The quantitative estimate of drug-likeness (QED) is 0.845. The van der Waals surface area contributed by atoms with Crippen LogP contribution in [0.3, 0.4) is 0 Å². The highest BCUT2D eigenvalue weighted by molar-refractivity contribution is 5.26. The molecule has 0 fully saturated rings. The first-order valence-electron chi connectivity index (χ1n) is 5.67. The van der Waals surface area contributed by atoms with Crippen LogP contribution >= 0.6 is 0 Å². The summed E-state index contributed by atoms with van der Waals surface area (Å²) in [7, 11) is 0. The maximum atomic E-state index is 9.18. The minimum atomic E-state index is 0.284. The molecule has 3 heteroatoms. The van der Waals surface area contributed by atoms with Crippen LogP contribution in [0.4, 0.5) is 0 Å². The van der Waals surface area contributed by atoms with Crippen molar-refractivity contribution < 1.29 is 5.11 Å². The molecule has 0 aliphatic carbocycles. The second-order valence-electron chi connectivity index (χ2n) is 4.05. The molecule has 0 bridgehead atoms. The summed E-state index contributed by atoms with van der Waals surface area (Å²) in [4.78, 5) is 4.00. The van der Waals surface area contributed by atoms with Gasteiger partial charge in [0, 0.05) is 25.0 Å². The predicted octanol–water partition coefficient (Wildman–Crippen LogP) is 2.64. The van der Waals surface area contributed by atoms with Crippen molar-refractivity contribution in [3.63, 3.8) is 0 Å². The number of nitrogens with zero attached hydrogens (tertiary/aromatic N) is 1. The molecule has 1 heterocycles. The fourth-order valence-electron chi connectivity index (χ4n) is 1.65. The normalized spacial score (nSPS) is 12.3. The van der Waals surface area contributed by atoms with Crippen LogP contribution in [0.15, 0.2) is 48.8 Å². The lowest BCUT2D eigenvalue weighted by Gasteiger charge is -2.13. The summed E-state index contributed by atoms with van der Waals surface area (Å²) >= 11 is 0. The fourth-order valence-corrected chi connectivity index (χ4v) is 1.65. The van der Waals surface area contributed by atoms with Gasteiger partial charge in [0.1, 0.15) is 5.75 Å². The van der Waals surface area contributed by atoms with Crippen LogP contribution in [-0.4, -0.2) is 10.1 Å². The van der Waals surface area contributed by atoms with Crippen molar-refractivity contribution in [1.82, 2.24) is 10.3 Å². The van der Waals surface area contributed by atoms with Crippen LogP contribution in [0.1, 0.15) is 24.1 Å². The Morgan fingerprint density at radius 3 is 2.41 bits per heavy atom. The lowest BCUT2D eigenvalue weighted by molar-refractivity contribution is 0.474. The molecule has 1 aromatic carbocycles. The summed E-state index contributed by atoms with van der Waals surface area (Å²) in [5.74, 6) is 0.302. The highest BCUT2D eigenvalue weighted by Gasteiger charge is 2.03. The van der Waals surface area contributed by atoms with E-state index in [1.165, 1.54) is 5.56 Å². The summed E-state index contributed by atoms with van der Waals surface area (Å²) in [5, 5.41) is 12.6. The Labute approximate surface area is 101 Å². The van der Waals surface area contributed by atoms with Gasteiger partial charge in [0.2, 0.25) is 0 Å². The van der Waals surface area contributed by atoms with Gasteiger partial charge >= 0.3 is 0 Å². The summed E-state index contributed by atoms with van der Waals surface area (Å²) < 4.78 is 0. The van der Waals surface area contributed by atoms with Gasteiger partial charge in [0.15, 0.2) is 0 Å². The molecule has 1 aromatic heterocycles. The lowest BCUT2D eigenvalue weighted by Crippen LogP contribution is -2.17. The van der Waals surface area contributed by atoms with Crippen molar-refractivity contribution in [2.75, 3.05) is 0 Å². The molecule has 0 saturated carbocycles. The first-order valence-corrected chi connectivity index (χ1v) is 5.67. The standard InChI is InChI=1S/C14H16N2O/c1-11(13-6-8-15-9-7-13)16-10-12-2-4-14(17)5-3-12/h2-9,11,16-17H,10H2,1H3/t11-/m0/s1. The van der Waals surface area contributed by atoms with E-state index in [1.54, 1.807) is 24.5 Å². The van der Waals surface area contributed by atoms with Crippen LogP contribution in [-0.2, 0) is 6.54 Å². The zero-order valence-corrected chi connectivity index (χ0v) is 9.80. The van der Waals surface area contributed by atoms with Crippen molar-refractivity contribution >= 4 is 0 Å². The monoisotopic (exact) mass is 228 g/mol. The number of rotatable bonds is 4. The van der Waals surface area contributed by atoms with E-state index in [2.05, 4.69) is 17.2 Å². The molecule has 17 heavy (non-hydrogen) atoms. The molecule has 3 nitrogen and oxygen atoms in total. The number of hydrogen-bond donors (Lipinski definition) is 2. The van der Waals surface area contributed by atoms with Crippen molar-refractivity contribution in [1.29, 1.82) is 0 Å². The Hall–Kier alpha value is -1.87. The summed E-state index contributed by atoms with van der Waals surface area (Å²) in [6.45, 7) is 2.90. The Bertz CT molecular complexity index is 453. The number of phenols is 1. The van der Waals surface area contributed by atoms with Crippen molar-refractivity contribution in [3.05, 3.63) is 59.9 Å². The fraction of sp³-hybridized carbons (Fsp3) is 0.214. The van der Waals surface area contributed by atoms with E-state index >= 15 is 0 Å². The largest absolute Gasteiger partial charge is 0.508 e. The molecule has 1 atom stereocenters. The summed E-state index contributed by atoms with van der Waals surface area (Å²) in [6, 6.07) is 11.5. The van der Waals surface area contributed by atoms with Gasteiger partial charge in [-0.15, -0.1) is 0 Å². The Kier molecular flexibility index (Phi) is 3.73. The van der Waals surface area contributed by atoms with Crippen molar-refractivity contribution in [3.8, 4) is 5.75 Å². The van der Waals surface area contributed by atoms with E-state index in [4.69, 9.17) is 0 Å². The van der Waals surface area contributed by atoms with E-state index in [9.17, 15) is 5.11 Å². The molecule has 88 valence electrons. The van der Waals surface area contributed by atoms with Crippen molar-refractivity contribution in [2.24, 2.45) is 0 Å². The van der Waals surface area contributed by atoms with E-state index < -0.39 is 0 Å². The highest BCUT2D eigenvalue weighted by atomic mass is 16.3. The van der Waals surface area contributed by atoms with Crippen LogP contribution < -0.4 is 5.32 Å². The van der Waals surface area contributed by atoms with Gasteiger partial charge in [-0.05, 0) is 42.3 Å². The first-order chi connectivity index (χ1) is 8.25. The summed E-state index contributed by atoms with van der Waals surface area (Å²) in [6.07, 6.45) is 3.60. The molecule has 2 rings (SSSR count). The number of pyridine rings is 1. The zero-order chi connectivity index (χ0) is 12.1. The summed E-state index contributed by atoms with van der Waals surface area (Å²) in [5.41, 5.74) is 2.38. The third kappa shape index (κ3) is 3.29. The third-order valence-electron chi connectivity index (χ3n) is 2.75. The van der Waals surface area contributed by atoms with Crippen LogP contribution in [0.25, 0.3) is 0 Å². The molecular formula is C14H16N2O. The SMILES string of the molecule is C[C@H](NCc1ccc(O)cc1)c1ccncc1. The molecule has 0 radical (unpaired) electrons. The minimum Gasteiger partial charge on any atom is -0.508 e. The Morgan fingerprint density at radius 1 is 1.12 bits per heavy atom. The van der Waals surface area contributed by atoms with Gasteiger partial charge in [0.25, 0.3) is 0 Å². The first kappa shape index (κ1) is 11.6. The van der Waals surface area contributed by atoms with Crippen molar-refractivity contribution in [2.45, 2.75) is 19.5 Å². The van der Waals surface area contributed by atoms with E-state index in [0.717, 1.165) is 12.1 Å². The second-order valence-corrected chi connectivity index (χ2v) is 4.05. The lowest BCUT2D eigenvalue weighted by atomic mass is 10.1. The van der Waals surface area contributed by atoms with Gasteiger partial charge in [-0.1, -0.05) is 12.1 Å². The predicted molar refractivity (Wildman–Crippen MR) is 67.6 cm³/mol. The van der Waals surface area contributed by atoms with Gasteiger partial charge in [-0.25, -0.2) is 0 Å². The van der Waals surface area contributed by atoms with Gasteiger partial charge in [-0.3, -0.25) is 4.98 Å². The topological polar surface area (TPSA) is 45.1 Å². The average molecular weight is 228 g/mol. The van der Waals surface area contributed by atoms with Gasteiger partial charge < -0.3 is 10.4 Å². The molecule has 2 N–H and O–H groups in total. The Morgan fingerprint density at radius 2 is 1.76 bits per heavy atom. The van der Waals surface area contributed by atoms with E-state index in [1.807, 2.05) is 24.3 Å². The molecular weight excluding hydrogens is 212 g/mol. The van der Waals surface area contributed by atoms with Crippen LogP contribution in [0.2, 0.25) is 0 Å². The minimum absolute atomic E-state index is 0.284. The smallest absolute Gasteiger partial charge is 0.115 e. The number of benzene rings is 1. The van der Waals surface area contributed by atoms with Crippen LogP contribution in [0.5, 0.6) is 5.75 Å². The number of aromatic nitrogens is 1.